The number of amides is 2. The van der Waals surface area contributed by atoms with Gasteiger partial charge in [-0.05, 0) is 39.2 Å². The molecule has 1 fully saturated rings. The lowest BCUT2D eigenvalue weighted by atomic mass is 10.0. The number of hydrogen-bond donors (Lipinski definition) is 1. The van der Waals surface area contributed by atoms with Crippen molar-refractivity contribution in [3.05, 3.63) is 35.9 Å². The number of piperazine rings is 1. The molecule has 0 bridgehead atoms. The van der Waals surface area contributed by atoms with E-state index in [-0.39, 0.29) is 23.9 Å². The SMILES string of the molecule is CC1NC(=O)C(C)N(C(C)CCc2ccccc2)C1=O. The van der Waals surface area contributed by atoms with Gasteiger partial charge in [0.2, 0.25) is 11.8 Å². The molecule has 4 nitrogen and oxygen atoms in total. The van der Waals surface area contributed by atoms with Gasteiger partial charge in [-0.3, -0.25) is 9.59 Å². The van der Waals surface area contributed by atoms with Crippen LogP contribution in [0.15, 0.2) is 30.3 Å². The molecule has 0 radical (unpaired) electrons. The van der Waals surface area contributed by atoms with E-state index in [9.17, 15) is 9.59 Å². The Balaban J connectivity index is 2.01. The van der Waals surface area contributed by atoms with Crippen molar-refractivity contribution in [1.82, 2.24) is 10.2 Å². The zero-order valence-corrected chi connectivity index (χ0v) is 12.3. The smallest absolute Gasteiger partial charge is 0.245 e. The van der Waals surface area contributed by atoms with E-state index in [1.54, 1.807) is 18.7 Å². The molecule has 1 heterocycles. The maximum absolute atomic E-state index is 12.2. The number of carbonyl (C=O) groups is 2. The third kappa shape index (κ3) is 3.00. The molecular formula is C16H22N2O2. The van der Waals surface area contributed by atoms with Gasteiger partial charge in [-0.2, -0.15) is 0 Å². The van der Waals surface area contributed by atoms with Crippen LogP contribution < -0.4 is 5.32 Å². The fourth-order valence-corrected chi connectivity index (χ4v) is 2.69. The van der Waals surface area contributed by atoms with Crippen molar-refractivity contribution in [2.75, 3.05) is 0 Å². The topological polar surface area (TPSA) is 49.4 Å². The second-order valence-corrected chi connectivity index (χ2v) is 5.53. The Morgan fingerprint density at radius 2 is 1.85 bits per heavy atom. The van der Waals surface area contributed by atoms with Crippen molar-refractivity contribution in [2.24, 2.45) is 0 Å². The number of rotatable bonds is 4. The molecule has 0 aromatic heterocycles. The minimum absolute atomic E-state index is 0.0117. The molecule has 3 atom stereocenters. The van der Waals surface area contributed by atoms with Crippen molar-refractivity contribution in [1.29, 1.82) is 0 Å². The van der Waals surface area contributed by atoms with Crippen molar-refractivity contribution >= 4 is 11.8 Å². The highest BCUT2D eigenvalue weighted by Gasteiger charge is 2.37. The predicted octanol–water partition coefficient (Wildman–Crippen LogP) is 1.74. The summed E-state index contributed by atoms with van der Waals surface area (Å²) < 4.78 is 0. The van der Waals surface area contributed by atoms with Crippen LogP contribution in [0.1, 0.15) is 32.8 Å². The first-order chi connectivity index (χ1) is 9.50. The van der Waals surface area contributed by atoms with Crippen LogP contribution in [-0.2, 0) is 16.0 Å². The highest BCUT2D eigenvalue weighted by Crippen LogP contribution is 2.17. The Kier molecular flexibility index (Phi) is 4.42. The normalized spacial score (nSPS) is 24.4. The summed E-state index contributed by atoms with van der Waals surface area (Å²) in [7, 11) is 0. The van der Waals surface area contributed by atoms with Crippen molar-refractivity contribution in [3.63, 3.8) is 0 Å². The maximum Gasteiger partial charge on any atom is 0.245 e. The average Bonchev–Trinajstić information content (AvgIpc) is 2.44. The molecule has 1 saturated heterocycles. The molecule has 1 N–H and O–H groups in total. The van der Waals surface area contributed by atoms with Crippen molar-refractivity contribution in [2.45, 2.75) is 51.7 Å². The van der Waals surface area contributed by atoms with Crippen LogP contribution in [0.5, 0.6) is 0 Å². The molecule has 2 amide bonds. The van der Waals surface area contributed by atoms with Gasteiger partial charge < -0.3 is 10.2 Å². The van der Waals surface area contributed by atoms with Crippen LogP contribution in [0.25, 0.3) is 0 Å². The van der Waals surface area contributed by atoms with Crippen molar-refractivity contribution < 1.29 is 9.59 Å². The summed E-state index contributed by atoms with van der Waals surface area (Å²) in [4.78, 5) is 25.8. The Morgan fingerprint density at radius 3 is 2.50 bits per heavy atom. The van der Waals surface area contributed by atoms with Gasteiger partial charge in [0.1, 0.15) is 12.1 Å². The van der Waals surface area contributed by atoms with Crippen molar-refractivity contribution in [3.8, 4) is 0 Å². The number of aryl methyl sites for hydroxylation is 1. The first-order valence-electron chi connectivity index (χ1n) is 7.17. The lowest BCUT2D eigenvalue weighted by Gasteiger charge is -2.40. The molecule has 4 heteroatoms. The van der Waals surface area contributed by atoms with E-state index in [4.69, 9.17) is 0 Å². The average molecular weight is 274 g/mol. The highest BCUT2D eigenvalue weighted by atomic mass is 16.2. The number of carbonyl (C=O) groups excluding carboxylic acids is 2. The lowest BCUT2D eigenvalue weighted by molar-refractivity contribution is -0.150. The molecule has 0 spiro atoms. The summed E-state index contributed by atoms with van der Waals surface area (Å²) in [5.41, 5.74) is 1.26. The molecule has 1 aromatic rings. The lowest BCUT2D eigenvalue weighted by Crippen LogP contribution is -2.63. The molecule has 0 aliphatic carbocycles. The van der Waals surface area contributed by atoms with E-state index < -0.39 is 6.04 Å². The Bertz CT molecular complexity index is 487. The Hall–Kier alpha value is -1.84. The van der Waals surface area contributed by atoms with E-state index in [0.717, 1.165) is 12.8 Å². The molecule has 20 heavy (non-hydrogen) atoms. The van der Waals surface area contributed by atoms with Gasteiger partial charge in [0, 0.05) is 6.04 Å². The van der Waals surface area contributed by atoms with E-state index >= 15 is 0 Å². The van der Waals surface area contributed by atoms with Crippen LogP contribution in [0, 0.1) is 0 Å². The quantitative estimate of drug-likeness (QED) is 0.909. The summed E-state index contributed by atoms with van der Waals surface area (Å²) in [6.45, 7) is 5.55. The number of nitrogens with one attached hydrogen (secondary N) is 1. The molecule has 3 unspecified atom stereocenters. The number of hydrogen-bond acceptors (Lipinski definition) is 2. The Labute approximate surface area is 120 Å². The monoisotopic (exact) mass is 274 g/mol. The van der Waals surface area contributed by atoms with Gasteiger partial charge in [-0.15, -0.1) is 0 Å². The number of nitrogens with zero attached hydrogens (tertiary/aromatic N) is 1. The first-order valence-corrected chi connectivity index (χ1v) is 7.17. The second-order valence-electron chi connectivity index (χ2n) is 5.53. The van der Waals surface area contributed by atoms with Gasteiger partial charge in [0.15, 0.2) is 0 Å². The molecule has 2 rings (SSSR count). The van der Waals surface area contributed by atoms with Gasteiger partial charge >= 0.3 is 0 Å². The molecule has 108 valence electrons. The first kappa shape index (κ1) is 14.6. The van der Waals surface area contributed by atoms with Gasteiger partial charge in [-0.25, -0.2) is 0 Å². The zero-order valence-electron chi connectivity index (χ0n) is 12.3. The van der Waals surface area contributed by atoms with E-state index in [1.807, 2.05) is 25.1 Å². The summed E-state index contributed by atoms with van der Waals surface area (Å²) in [5.74, 6) is -0.0543. The van der Waals surface area contributed by atoms with E-state index in [2.05, 4.69) is 17.4 Å². The third-order valence-corrected chi connectivity index (χ3v) is 3.95. The van der Waals surface area contributed by atoms with Crippen LogP contribution in [0.3, 0.4) is 0 Å². The van der Waals surface area contributed by atoms with Crippen LogP contribution in [-0.4, -0.2) is 34.8 Å². The van der Waals surface area contributed by atoms with Crippen LogP contribution >= 0.6 is 0 Å². The highest BCUT2D eigenvalue weighted by molar-refractivity contribution is 5.96. The van der Waals surface area contributed by atoms with E-state index in [0.29, 0.717) is 0 Å². The fraction of sp³-hybridized carbons (Fsp3) is 0.500. The van der Waals surface area contributed by atoms with Gasteiger partial charge in [-0.1, -0.05) is 30.3 Å². The molecule has 1 aliphatic rings. The number of benzene rings is 1. The predicted molar refractivity (Wildman–Crippen MR) is 78.1 cm³/mol. The molecule has 1 aliphatic heterocycles. The second kappa shape index (κ2) is 6.07. The minimum Gasteiger partial charge on any atom is -0.343 e. The minimum atomic E-state index is -0.419. The standard InChI is InChI=1S/C16H22N2O2/c1-11(9-10-14-7-5-4-6-8-14)18-13(3)15(19)17-12(2)16(18)20/h4-8,11-13H,9-10H2,1-3H3,(H,17,19). The zero-order chi connectivity index (χ0) is 14.7. The summed E-state index contributed by atoms with van der Waals surface area (Å²) in [6.07, 6.45) is 1.77. The van der Waals surface area contributed by atoms with E-state index in [1.165, 1.54) is 5.56 Å². The Morgan fingerprint density at radius 1 is 1.20 bits per heavy atom. The molecule has 0 saturated carbocycles. The van der Waals surface area contributed by atoms with Gasteiger partial charge in [0.05, 0.1) is 0 Å². The summed E-state index contributed by atoms with van der Waals surface area (Å²) in [5, 5.41) is 2.71. The van der Waals surface area contributed by atoms with Gasteiger partial charge in [0.25, 0.3) is 0 Å². The third-order valence-electron chi connectivity index (χ3n) is 3.95. The molecular weight excluding hydrogens is 252 g/mol. The fourth-order valence-electron chi connectivity index (χ4n) is 2.69. The molecule has 1 aromatic carbocycles. The summed E-state index contributed by atoms with van der Waals surface area (Å²) >= 11 is 0. The summed E-state index contributed by atoms with van der Waals surface area (Å²) in [6, 6.07) is 9.46. The van der Waals surface area contributed by atoms with Crippen LogP contribution in [0.4, 0.5) is 0 Å². The van der Waals surface area contributed by atoms with Crippen LogP contribution in [0.2, 0.25) is 0 Å². The maximum atomic E-state index is 12.2. The largest absolute Gasteiger partial charge is 0.343 e.